The number of aromatic nitrogens is 1. The van der Waals surface area contributed by atoms with Crippen LogP contribution in [-0.2, 0) is 13.0 Å². The third-order valence-corrected chi connectivity index (χ3v) is 5.38. The highest BCUT2D eigenvalue weighted by Gasteiger charge is 2.17. The number of amides is 1. The zero-order valence-corrected chi connectivity index (χ0v) is 16.5. The zero-order valence-electron chi connectivity index (χ0n) is 15.8. The van der Waals surface area contributed by atoms with Gasteiger partial charge in [-0.3, -0.25) is 4.79 Å². The van der Waals surface area contributed by atoms with Gasteiger partial charge in [-0.05, 0) is 53.9 Å². The number of carbonyl (C=O) groups excluding carboxylic acids is 1. The summed E-state index contributed by atoms with van der Waals surface area (Å²) in [5.74, 6) is 0.204. The Bertz CT molecular complexity index is 1210. The predicted molar refractivity (Wildman–Crippen MR) is 113 cm³/mol. The number of hydrogen-bond acceptors (Lipinski definition) is 2. The van der Waals surface area contributed by atoms with Crippen molar-refractivity contribution in [2.24, 2.45) is 5.73 Å². The van der Waals surface area contributed by atoms with Crippen molar-refractivity contribution in [2.45, 2.75) is 19.9 Å². The van der Waals surface area contributed by atoms with Crippen molar-refractivity contribution in [3.63, 3.8) is 0 Å². The molecule has 5 heteroatoms. The Labute approximate surface area is 168 Å². The number of benzene rings is 3. The summed E-state index contributed by atoms with van der Waals surface area (Å²) in [7, 11) is 1.60. The number of hydrogen-bond donors (Lipinski definition) is 1. The average molecular weight is 392 g/mol. The van der Waals surface area contributed by atoms with E-state index in [9.17, 15) is 4.79 Å². The summed E-state index contributed by atoms with van der Waals surface area (Å²) in [6.45, 7) is 2.72. The molecule has 0 saturated carbocycles. The number of methoxy groups -OCH3 is 1. The Balaban J connectivity index is 1.98. The Hall–Kier alpha value is -2.98. The third kappa shape index (κ3) is 3.00. The molecule has 0 spiro atoms. The van der Waals surface area contributed by atoms with Crippen LogP contribution < -0.4 is 10.5 Å². The first-order valence-electron chi connectivity index (χ1n) is 9.11. The summed E-state index contributed by atoms with van der Waals surface area (Å²) < 4.78 is 7.44. The zero-order chi connectivity index (χ0) is 19.8. The van der Waals surface area contributed by atoms with Gasteiger partial charge in [0.1, 0.15) is 5.75 Å². The van der Waals surface area contributed by atoms with E-state index < -0.39 is 5.91 Å². The minimum absolute atomic E-state index is 0.440. The Morgan fingerprint density at radius 1 is 1.18 bits per heavy atom. The highest BCUT2D eigenvalue weighted by Crippen LogP contribution is 2.33. The molecule has 4 rings (SSSR count). The summed E-state index contributed by atoms with van der Waals surface area (Å²) in [4.78, 5) is 12.0. The molecule has 0 aliphatic rings. The van der Waals surface area contributed by atoms with Gasteiger partial charge in [0, 0.05) is 22.9 Å². The number of halogens is 1. The number of rotatable bonds is 5. The van der Waals surface area contributed by atoms with E-state index in [0.29, 0.717) is 22.9 Å². The maximum atomic E-state index is 12.0. The molecule has 0 bridgehead atoms. The van der Waals surface area contributed by atoms with Crippen LogP contribution in [0.25, 0.3) is 21.8 Å². The second-order valence-corrected chi connectivity index (χ2v) is 7.15. The van der Waals surface area contributed by atoms with Crippen LogP contribution in [0, 0.1) is 6.07 Å². The van der Waals surface area contributed by atoms with Crippen molar-refractivity contribution in [2.75, 3.05) is 7.11 Å². The summed E-state index contributed by atoms with van der Waals surface area (Å²) >= 11 is 6.32. The second kappa shape index (κ2) is 7.21. The van der Waals surface area contributed by atoms with Crippen LogP contribution in [0.5, 0.6) is 5.75 Å². The van der Waals surface area contributed by atoms with Crippen molar-refractivity contribution in [3.8, 4) is 5.75 Å². The number of primary amides is 1. The van der Waals surface area contributed by atoms with Crippen LogP contribution in [0.3, 0.4) is 0 Å². The number of nitrogens with zero attached hydrogens (tertiary/aromatic N) is 1. The highest BCUT2D eigenvalue weighted by molar-refractivity contribution is 6.32. The molecule has 1 amide bonds. The molecular weight excluding hydrogens is 372 g/mol. The minimum Gasteiger partial charge on any atom is -0.495 e. The van der Waals surface area contributed by atoms with Gasteiger partial charge in [-0.1, -0.05) is 36.7 Å². The number of nitrogens with two attached hydrogens (primary N) is 1. The predicted octanol–water partition coefficient (Wildman–Crippen LogP) is 4.97. The van der Waals surface area contributed by atoms with E-state index in [2.05, 4.69) is 23.6 Å². The van der Waals surface area contributed by atoms with E-state index in [-0.39, 0.29) is 0 Å². The molecule has 0 aliphatic heterocycles. The van der Waals surface area contributed by atoms with Gasteiger partial charge in [-0.25, -0.2) is 0 Å². The van der Waals surface area contributed by atoms with Crippen LogP contribution in [0.2, 0.25) is 5.02 Å². The minimum atomic E-state index is -0.440. The standard InChI is InChI=1S/C23H20ClN2O2/c1-3-14-7-9-16-20(12-14)26(13-15-8-10-21(28-2)18(24)11-15)19-6-4-5-17(22(16)19)23(25)27/h4-8,10-12H,3,13H2,1-2H3,(H2,25,27). The number of carbonyl (C=O) groups is 1. The largest absolute Gasteiger partial charge is 0.495 e. The summed E-state index contributed by atoms with van der Waals surface area (Å²) in [5, 5.41) is 2.31. The number of aryl methyl sites for hydroxylation is 1. The lowest BCUT2D eigenvalue weighted by Gasteiger charge is -2.10. The fourth-order valence-electron chi connectivity index (χ4n) is 3.67. The molecule has 28 heavy (non-hydrogen) atoms. The monoisotopic (exact) mass is 391 g/mol. The lowest BCUT2D eigenvalue weighted by atomic mass is 10.0. The van der Waals surface area contributed by atoms with E-state index in [1.165, 1.54) is 5.56 Å². The van der Waals surface area contributed by atoms with Crippen LogP contribution in [-0.4, -0.2) is 17.6 Å². The van der Waals surface area contributed by atoms with Crippen LogP contribution in [0.1, 0.15) is 28.4 Å². The second-order valence-electron chi connectivity index (χ2n) is 6.74. The van der Waals surface area contributed by atoms with E-state index in [1.807, 2.05) is 36.4 Å². The molecule has 141 valence electrons. The van der Waals surface area contributed by atoms with Gasteiger partial charge in [0.15, 0.2) is 0 Å². The first-order valence-corrected chi connectivity index (χ1v) is 9.49. The molecule has 2 N–H and O–H groups in total. The van der Waals surface area contributed by atoms with Gasteiger partial charge in [0.25, 0.3) is 0 Å². The molecule has 3 aromatic carbocycles. The fraction of sp³-hybridized carbons (Fsp3) is 0.174. The van der Waals surface area contributed by atoms with Crippen molar-refractivity contribution in [1.29, 1.82) is 0 Å². The molecular formula is C23H20ClN2O2. The Morgan fingerprint density at radius 2 is 2.00 bits per heavy atom. The third-order valence-electron chi connectivity index (χ3n) is 5.08. The summed E-state index contributed by atoms with van der Waals surface area (Å²) in [6, 6.07) is 18.9. The molecule has 0 atom stereocenters. The summed E-state index contributed by atoms with van der Waals surface area (Å²) in [5.41, 5.74) is 10.3. The fourth-order valence-corrected chi connectivity index (χ4v) is 3.95. The van der Waals surface area contributed by atoms with E-state index in [4.69, 9.17) is 22.1 Å². The van der Waals surface area contributed by atoms with Gasteiger partial charge in [0.2, 0.25) is 5.91 Å². The normalized spacial score (nSPS) is 11.2. The lowest BCUT2D eigenvalue weighted by Crippen LogP contribution is -2.11. The van der Waals surface area contributed by atoms with Crippen LogP contribution >= 0.6 is 11.6 Å². The van der Waals surface area contributed by atoms with Gasteiger partial charge in [-0.15, -0.1) is 0 Å². The first kappa shape index (κ1) is 18.4. The molecule has 1 aromatic heterocycles. The van der Waals surface area contributed by atoms with Crippen LogP contribution in [0.4, 0.5) is 0 Å². The molecule has 0 saturated heterocycles. The molecule has 0 unspecified atom stereocenters. The van der Waals surface area contributed by atoms with Gasteiger partial charge < -0.3 is 15.0 Å². The van der Waals surface area contributed by atoms with E-state index in [1.54, 1.807) is 13.2 Å². The van der Waals surface area contributed by atoms with E-state index in [0.717, 1.165) is 33.8 Å². The van der Waals surface area contributed by atoms with Crippen molar-refractivity contribution < 1.29 is 9.53 Å². The Morgan fingerprint density at radius 3 is 2.68 bits per heavy atom. The Kier molecular flexibility index (Phi) is 4.73. The molecule has 4 aromatic rings. The SMILES string of the molecule is CCc1c[c]c2c3c(C(N)=O)cccc3n(Cc3ccc(OC)c(Cl)c3)c2c1. The van der Waals surface area contributed by atoms with Crippen molar-refractivity contribution >= 4 is 39.3 Å². The van der Waals surface area contributed by atoms with Crippen molar-refractivity contribution in [3.05, 3.63) is 76.3 Å². The lowest BCUT2D eigenvalue weighted by molar-refractivity contribution is 0.100. The van der Waals surface area contributed by atoms with Gasteiger partial charge in [0.05, 0.1) is 23.2 Å². The topological polar surface area (TPSA) is 57.2 Å². The summed E-state index contributed by atoms with van der Waals surface area (Å²) in [6.07, 6.45) is 0.908. The highest BCUT2D eigenvalue weighted by atomic mass is 35.5. The van der Waals surface area contributed by atoms with Gasteiger partial charge in [-0.2, -0.15) is 0 Å². The maximum absolute atomic E-state index is 12.0. The quantitative estimate of drug-likeness (QED) is 0.522. The maximum Gasteiger partial charge on any atom is 0.249 e. The molecule has 4 nitrogen and oxygen atoms in total. The average Bonchev–Trinajstić information content (AvgIpc) is 3.01. The first-order chi connectivity index (χ1) is 13.5. The molecule has 1 radical (unpaired) electrons. The van der Waals surface area contributed by atoms with E-state index >= 15 is 0 Å². The molecule has 0 fully saturated rings. The number of ether oxygens (including phenoxy) is 1. The van der Waals surface area contributed by atoms with Gasteiger partial charge >= 0.3 is 0 Å². The van der Waals surface area contributed by atoms with Crippen LogP contribution in [0.15, 0.2) is 48.5 Å². The smallest absolute Gasteiger partial charge is 0.249 e. The molecule has 1 heterocycles. The molecule has 0 aliphatic carbocycles. The number of fused-ring (bicyclic) bond motifs is 3. The van der Waals surface area contributed by atoms with Crippen molar-refractivity contribution in [1.82, 2.24) is 4.57 Å².